The molecule has 0 aliphatic heterocycles. The van der Waals surface area contributed by atoms with Gasteiger partial charge in [-0.3, -0.25) is 5.32 Å². The number of aromatic hydroxyl groups is 2. The maximum atomic E-state index is 10.2. The fourth-order valence-electron chi connectivity index (χ4n) is 2.88. The first-order valence-corrected chi connectivity index (χ1v) is 9.42. The van der Waals surface area contributed by atoms with E-state index in [0.29, 0.717) is 5.56 Å². The van der Waals surface area contributed by atoms with E-state index >= 15 is 0 Å². The van der Waals surface area contributed by atoms with Gasteiger partial charge in [0.1, 0.15) is 17.3 Å². The van der Waals surface area contributed by atoms with E-state index in [4.69, 9.17) is 0 Å². The summed E-state index contributed by atoms with van der Waals surface area (Å²) in [5.41, 5.74) is 2.23. The van der Waals surface area contributed by atoms with E-state index in [-0.39, 0.29) is 17.5 Å². The molecule has 0 saturated heterocycles. The van der Waals surface area contributed by atoms with Crippen LogP contribution in [0.5, 0.6) is 11.5 Å². The molecular weight excluding hydrogens is 349 g/mol. The molecule has 0 heterocycles. The van der Waals surface area contributed by atoms with Gasteiger partial charge in [0.2, 0.25) is 0 Å². The number of phenolic OH excluding ortho intramolecular Hbond substituents is 2. The first-order chi connectivity index (χ1) is 12.6. The first-order valence-electron chi connectivity index (χ1n) is 8.11. The predicted octanol–water partition coefficient (Wildman–Crippen LogP) is 3.77. The van der Waals surface area contributed by atoms with Crippen LogP contribution in [0, 0.1) is 0 Å². The SMILES string of the molecule is Oc1ccc(C(NC(c2ccccc2)c2ccccc2)P(O)O)c(O)c1. The maximum Gasteiger partial charge on any atom is 0.188 e. The van der Waals surface area contributed by atoms with E-state index in [1.54, 1.807) is 0 Å². The summed E-state index contributed by atoms with van der Waals surface area (Å²) in [6, 6.07) is 23.1. The molecule has 0 spiro atoms. The molecule has 0 saturated carbocycles. The second kappa shape index (κ2) is 8.30. The highest BCUT2D eigenvalue weighted by Crippen LogP contribution is 2.47. The van der Waals surface area contributed by atoms with Gasteiger partial charge >= 0.3 is 0 Å². The van der Waals surface area contributed by atoms with Gasteiger partial charge in [0.15, 0.2) is 8.38 Å². The van der Waals surface area contributed by atoms with Crippen LogP contribution in [0.1, 0.15) is 28.5 Å². The molecule has 26 heavy (non-hydrogen) atoms. The molecule has 0 bridgehead atoms. The number of phenols is 2. The van der Waals surface area contributed by atoms with Crippen molar-refractivity contribution in [2.45, 2.75) is 11.8 Å². The van der Waals surface area contributed by atoms with Gasteiger partial charge in [0.05, 0.1) is 6.04 Å². The lowest BCUT2D eigenvalue weighted by Gasteiger charge is -2.28. The summed E-state index contributed by atoms with van der Waals surface area (Å²) in [6.45, 7) is 0. The lowest BCUT2D eigenvalue weighted by Crippen LogP contribution is -2.26. The van der Waals surface area contributed by atoms with Crippen LogP contribution in [0.15, 0.2) is 78.9 Å². The van der Waals surface area contributed by atoms with E-state index in [1.165, 1.54) is 18.2 Å². The van der Waals surface area contributed by atoms with Gasteiger partial charge in [-0.2, -0.15) is 0 Å². The highest BCUT2D eigenvalue weighted by molar-refractivity contribution is 7.45. The third-order valence-corrected chi connectivity index (χ3v) is 5.02. The Kier molecular flexibility index (Phi) is 5.86. The fraction of sp³-hybridized carbons (Fsp3) is 0.100. The summed E-state index contributed by atoms with van der Waals surface area (Å²) >= 11 is 0. The van der Waals surface area contributed by atoms with E-state index in [0.717, 1.165) is 11.1 Å². The van der Waals surface area contributed by atoms with Crippen LogP contribution in [0.25, 0.3) is 0 Å². The standard InChI is InChI=1S/C20H20NO4P/c22-16-11-12-17(18(23)13-16)20(26(24)25)21-19(14-7-3-1-4-8-14)15-9-5-2-6-10-15/h1-13,19-25H. The maximum absolute atomic E-state index is 10.2. The molecule has 0 aromatic heterocycles. The molecular formula is C20H20NO4P. The molecule has 5 nitrogen and oxygen atoms in total. The monoisotopic (exact) mass is 369 g/mol. The molecule has 0 aliphatic carbocycles. The third-order valence-electron chi connectivity index (χ3n) is 4.13. The Morgan fingerprint density at radius 1 is 0.731 bits per heavy atom. The number of nitrogens with one attached hydrogen (secondary N) is 1. The average Bonchev–Trinajstić information content (AvgIpc) is 2.65. The van der Waals surface area contributed by atoms with Gasteiger partial charge in [-0.1, -0.05) is 60.7 Å². The number of benzene rings is 3. The van der Waals surface area contributed by atoms with E-state index in [2.05, 4.69) is 5.32 Å². The lowest BCUT2D eigenvalue weighted by molar-refractivity contribution is 0.417. The van der Waals surface area contributed by atoms with Crippen molar-refractivity contribution in [3.8, 4) is 11.5 Å². The van der Waals surface area contributed by atoms with Crippen molar-refractivity contribution in [1.29, 1.82) is 0 Å². The smallest absolute Gasteiger partial charge is 0.188 e. The largest absolute Gasteiger partial charge is 0.508 e. The van der Waals surface area contributed by atoms with Crippen LogP contribution in [0.4, 0.5) is 0 Å². The van der Waals surface area contributed by atoms with Gasteiger partial charge in [-0.15, -0.1) is 0 Å². The second-order valence-electron chi connectivity index (χ2n) is 5.89. The Morgan fingerprint density at radius 3 is 1.73 bits per heavy atom. The van der Waals surface area contributed by atoms with Crippen LogP contribution in [0.3, 0.4) is 0 Å². The molecule has 134 valence electrons. The zero-order chi connectivity index (χ0) is 18.5. The van der Waals surface area contributed by atoms with Crippen LogP contribution < -0.4 is 5.32 Å². The van der Waals surface area contributed by atoms with Gasteiger partial charge < -0.3 is 20.0 Å². The average molecular weight is 369 g/mol. The lowest BCUT2D eigenvalue weighted by atomic mass is 9.98. The molecule has 0 aliphatic rings. The van der Waals surface area contributed by atoms with Crippen LogP contribution in [-0.4, -0.2) is 20.0 Å². The highest BCUT2D eigenvalue weighted by atomic mass is 31.2. The Labute approximate surface area is 153 Å². The summed E-state index contributed by atoms with van der Waals surface area (Å²) in [4.78, 5) is 20.0. The molecule has 0 amide bonds. The summed E-state index contributed by atoms with van der Waals surface area (Å²) in [5, 5.41) is 22.9. The Balaban J connectivity index is 2.00. The number of rotatable bonds is 6. The zero-order valence-corrected chi connectivity index (χ0v) is 14.8. The highest BCUT2D eigenvalue weighted by Gasteiger charge is 2.27. The van der Waals surface area contributed by atoms with Crippen molar-refractivity contribution >= 4 is 8.38 Å². The van der Waals surface area contributed by atoms with Gasteiger partial charge in [-0.05, 0) is 23.3 Å². The molecule has 1 atom stereocenters. The van der Waals surface area contributed by atoms with Crippen molar-refractivity contribution in [3.05, 3.63) is 95.6 Å². The molecule has 3 aromatic carbocycles. The summed E-state index contributed by atoms with van der Waals surface area (Å²) in [6.07, 6.45) is 0. The molecule has 6 heteroatoms. The molecule has 3 aromatic rings. The van der Waals surface area contributed by atoms with Gasteiger partial charge in [0, 0.05) is 11.6 Å². The van der Waals surface area contributed by atoms with Crippen LogP contribution >= 0.6 is 8.38 Å². The Bertz CT molecular complexity index is 803. The topological polar surface area (TPSA) is 93.0 Å². The molecule has 0 radical (unpaired) electrons. The number of hydrogen-bond donors (Lipinski definition) is 5. The summed E-state index contributed by atoms with van der Waals surface area (Å²) in [5.74, 6) is -1.18. The minimum absolute atomic E-state index is 0.0899. The normalized spacial score (nSPS) is 12.5. The first kappa shape index (κ1) is 18.4. The second-order valence-corrected chi connectivity index (χ2v) is 7.04. The third kappa shape index (κ3) is 4.21. The van der Waals surface area contributed by atoms with Crippen molar-refractivity contribution in [2.75, 3.05) is 0 Å². The number of hydrogen-bond acceptors (Lipinski definition) is 5. The Hall–Kier alpha value is -2.43. The van der Waals surface area contributed by atoms with Crippen LogP contribution in [0.2, 0.25) is 0 Å². The van der Waals surface area contributed by atoms with E-state index < -0.39 is 14.2 Å². The van der Waals surface area contributed by atoms with Gasteiger partial charge in [0.25, 0.3) is 0 Å². The van der Waals surface area contributed by atoms with Crippen molar-refractivity contribution in [1.82, 2.24) is 5.32 Å². The van der Waals surface area contributed by atoms with E-state index in [1.807, 2.05) is 60.7 Å². The minimum atomic E-state index is -2.43. The summed E-state index contributed by atoms with van der Waals surface area (Å²) < 4.78 is 0. The van der Waals surface area contributed by atoms with Crippen molar-refractivity contribution in [3.63, 3.8) is 0 Å². The molecule has 3 rings (SSSR count). The quantitative estimate of drug-likeness (QED) is 0.427. The molecule has 5 N–H and O–H groups in total. The van der Waals surface area contributed by atoms with Gasteiger partial charge in [-0.25, -0.2) is 0 Å². The fourth-order valence-corrected chi connectivity index (χ4v) is 3.63. The van der Waals surface area contributed by atoms with Crippen molar-refractivity contribution in [2.24, 2.45) is 0 Å². The Morgan fingerprint density at radius 2 is 1.27 bits per heavy atom. The molecule has 0 fully saturated rings. The minimum Gasteiger partial charge on any atom is -0.508 e. The predicted molar refractivity (Wildman–Crippen MR) is 102 cm³/mol. The summed E-state index contributed by atoms with van der Waals surface area (Å²) in [7, 11) is -2.43. The molecule has 1 unspecified atom stereocenters. The van der Waals surface area contributed by atoms with Crippen LogP contribution in [-0.2, 0) is 0 Å². The van der Waals surface area contributed by atoms with E-state index in [9.17, 15) is 20.0 Å². The van der Waals surface area contributed by atoms with Crippen molar-refractivity contribution < 1.29 is 20.0 Å². The zero-order valence-electron chi connectivity index (χ0n) is 13.9.